The van der Waals surface area contributed by atoms with Crippen LogP contribution in [0.3, 0.4) is 0 Å². The van der Waals surface area contributed by atoms with Crippen LogP contribution in [0, 0.1) is 11.6 Å². The van der Waals surface area contributed by atoms with Gasteiger partial charge in [-0.1, -0.05) is 22.8 Å². The van der Waals surface area contributed by atoms with Crippen LogP contribution < -0.4 is 4.74 Å². The molecule has 0 N–H and O–H groups in total. The first-order valence-corrected chi connectivity index (χ1v) is 6.96. The zero-order valence-corrected chi connectivity index (χ0v) is 12.7. The Hall–Kier alpha value is -2.68. The van der Waals surface area contributed by atoms with Crippen LogP contribution in [0.25, 0.3) is 11.4 Å². The summed E-state index contributed by atoms with van der Waals surface area (Å²) in [6, 6.07) is 6.88. The third-order valence-corrected chi connectivity index (χ3v) is 3.28. The molecule has 0 aliphatic heterocycles. The van der Waals surface area contributed by atoms with Gasteiger partial charge in [0, 0.05) is 0 Å². The van der Waals surface area contributed by atoms with Gasteiger partial charge >= 0.3 is 12.1 Å². The van der Waals surface area contributed by atoms with Gasteiger partial charge in [-0.05, 0) is 30.3 Å². The third-order valence-electron chi connectivity index (χ3n) is 2.99. The molecule has 10 heteroatoms. The molecule has 2 aromatic carbocycles. The van der Waals surface area contributed by atoms with Crippen LogP contribution in [-0.2, 0) is 6.18 Å². The first-order chi connectivity index (χ1) is 11.8. The molecule has 0 spiro atoms. The topological polar surface area (TPSA) is 48.2 Å². The van der Waals surface area contributed by atoms with Crippen molar-refractivity contribution in [2.75, 3.05) is 0 Å². The Morgan fingerprint density at radius 1 is 1.04 bits per heavy atom. The first kappa shape index (κ1) is 17.2. The van der Waals surface area contributed by atoms with E-state index in [0.717, 1.165) is 18.2 Å². The van der Waals surface area contributed by atoms with Crippen molar-refractivity contribution < 1.29 is 31.2 Å². The lowest BCUT2D eigenvalue weighted by Crippen LogP contribution is -2.05. The zero-order valence-electron chi connectivity index (χ0n) is 11.9. The van der Waals surface area contributed by atoms with E-state index in [1.807, 2.05) is 0 Å². The molecule has 0 aliphatic carbocycles. The largest absolute Gasteiger partial charge is 0.471 e. The molecule has 0 radical (unpaired) electrons. The Labute approximate surface area is 141 Å². The molecule has 0 bridgehead atoms. The minimum atomic E-state index is -4.85. The summed E-state index contributed by atoms with van der Waals surface area (Å²) in [5.41, 5.74) is -0.366. The second-order valence-electron chi connectivity index (χ2n) is 4.72. The van der Waals surface area contributed by atoms with Crippen LogP contribution in [0.1, 0.15) is 5.89 Å². The molecule has 0 saturated heterocycles. The molecule has 130 valence electrons. The van der Waals surface area contributed by atoms with E-state index in [0.29, 0.717) is 0 Å². The first-order valence-electron chi connectivity index (χ1n) is 6.58. The Kier molecular flexibility index (Phi) is 4.34. The van der Waals surface area contributed by atoms with Gasteiger partial charge in [0.2, 0.25) is 5.82 Å². The maximum absolute atomic E-state index is 14.5. The summed E-state index contributed by atoms with van der Waals surface area (Å²) in [6.45, 7) is 0. The molecule has 0 fully saturated rings. The van der Waals surface area contributed by atoms with Gasteiger partial charge in [0.05, 0.1) is 10.6 Å². The predicted octanol–water partition coefficient (Wildman–Crippen LogP) is 5.48. The molecule has 3 rings (SSSR count). The number of hydrogen-bond donors (Lipinski definition) is 0. The van der Waals surface area contributed by atoms with Crippen molar-refractivity contribution >= 4 is 11.6 Å². The van der Waals surface area contributed by atoms with Crippen molar-refractivity contribution in [1.29, 1.82) is 0 Å². The standard InChI is InChI=1S/C15H6ClF5N2O2/c16-9-6-7(17)4-5-10(9)24-11-3-1-2-8(12(11)18)13-22-14(25-23-13)15(19,20)21/h1-6H. The molecule has 0 unspecified atom stereocenters. The van der Waals surface area contributed by atoms with Gasteiger partial charge in [-0.25, -0.2) is 8.78 Å². The number of nitrogens with zero attached hydrogens (tertiary/aromatic N) is 2. The van der Waals surface area contributed by atoms with Gasteiger partial charge in [-0.15, -0.1) is 0 Å². The fourth-order valence-corrected chi connectivity index (χ4v) is 2.09. The lowest BCUT2D eigenvalue weighted by Gasteiger charge is -2.09. The monoisotopic (exact) mass is 376 g/mol. The van der Waals surface area contributed by atoms with Crippen LogP contribution in [0.4, 0.5) is 22.0 Å². The van der Waals surface area contributed by atoms with Gasteiger partial charge < -0.3 is 9.26 Å². The van der Waals surface area contributed by atoms with Crippen LogP contribution in [0.2, 0.25) is 5.02 Å². The number of ether oxygens (including phenoxy) is 1. The molecular weight excluding hydrogens is 371 g/mol. The van der Waals surface area contributed by atoms with Crippen molar-refractivity contribution in [2.45, 2.75) is 6.18 Å². The summed E-state index contributed by atoms with van der Waals surface area (Å²) < 4.78 is 74.4. The van der Waals surface area contributed by atoms with Gasteiger partial charge in [0.1, 0.15) is 11.6 Å². The van der Waals surface area contributed by atoms with E-state index in [2.05, 4.69) is 14.7 Å². The second-order valence-corrected chi connectivity index (χ2v) is 5.12. The maximum Gasteiger partial charge on any atom is 0.471 e. The summed E-state index contributed by atoms with van der Waals surface area (Å²) in [7, 11) is 0. The second kappa shape index (κ2) is 6.32. The quantitative estimate of drug-likeness (QED) is 0.568. The molecule has 0 amide bonds. The molecule has 0 saturated carbocycles. The molecule has 25 heavy (non-hydrogen) atoms. The van der Waals surface area contributed by atoms with E-state index in [1.54, 1.807) is 0 Å². The highest BCUT2D eigenvalue weighted by atomic mass is 35.5. The van der Waals surface area contributed by atoms with E-state index in [4.69, 9.17) is 16.3 Å². The van der Waals surface area contributed by atoms with Crippen molar-refractivity contribution in [3.8, 4) is 22.9 Å². The van der Waals surface area contributed by atoms with Crippen molar-refractivity contribution in [3.63, 3.8) is 0 Å². The van der Waals surface area contributed by atoms with E-state index in [-0.39, 0.29) is 22.1 Å². The third kappa shape index (κ3) is 3.55. The highest BCUT2D eigenvalue weighted by molar-refractivity contribution is 6.32. The average molecular weight is 377 g/mol. The Morgan fingerprint density at radius 2 is 1.80 bits per heavy atom. The van der Waals surface area contributed by atoms with E-state index in [1.165, 1.54) is 18.2 Å². The molecule has 4 nitrogen and oxygen atoms in total. The summed E-state index contributed by atoms with van der Waals surface area (Å²) in [6.07, 6.45) is -4.85. The predicted molar refractivity (Wildman–Crippen MR) is 76.2 cm³/mol. The Balaban J connectivity index is 1.96. The van der Waals surface area contributed by atoms with Gasteiger partial charge in [-0.2, -0.15) is 18.2 Å². The molecule has 3 aromatic rings. The normalized spacial score (nSPS) is 11.6. The molecular formula is C15H6ClF5N2O2. The van der Waals surface area contributed by atoms with Crippen molar-refractivity contribution in [1.82, 2.24) is 10.1 Å². The highest BCUT2D eigenvalue weighted by Gasteiger charge is 2.38. The van der Waals surface area contributed by atoms with Crippen molar-refractivity contribution in [2.24, 2.45) is 0 Å². The Bertz CT molecular complexity index is 927. The number of aromatic nitrogens is 2. The number of hydrogen-bond acceptors (Lipinski definition) is 4. The van der Waals surface area contributed by atoms with Crippen LogP contribution in [0.15, 0.2) is 40.9 Å². The smallest absolute Gasteiger partial charge is 0.453 e. The minimum Gasteiger partial charge on any atom is -0.453 e. The zero-order chi connectivity index (χ0) is 18.2. The maximum atomic E-state index is 14.5. The fourth-order valence-electron chi connectivity index (χ4n) is 1.89. The van der Waals surface area contributed by atoms with Crippen molar-refractivity contribution in [3.05, 3.63) is 58.9 Å². The minimum absolute atomic E-state index is 0.0387. The number of rotatable bonds is 3. The van der Waals surface area contributed by atoms with Crippen LogP contribution >= 0.6 is 11.6 Å². The van der Waals surface area contributed by atoms with Gasteiger partial charge in [0.15, 0.2) is 11.6 Å². The summed E-state index contributed by atoms with van der Waals surface area (Å²) in [5, 5.41) is 3.01. The summed E-state index contributed by atoms with van der Waals surface area (Å²) in [4.78, 5) is 3.12. The van der Waals surface area contributed by atoms with Gasteiger partial charge in [0.25, 0.3) is 0 Å². The Morgan fingerprint density at radius 3 is 2.44 bits per heavy atom. The number of benzene rings is 2. The van der Waals surface area contributed by atoms with Crippen LogP contribution in [-0.4, -0.2) is 10.1 Å². The average Bonchev–Trinajstić information content (AvgIpc) is 3.02. The SMILES string of the molecule is Fc1ccc(Oc2cccc(-c3noc(C(F)(F)F)n3)c2F)c(Cl)c1. The number of alkyl halides is 3. The summed E-state index contributed by atoms with van der Waals surface area (Å²) in [5.74, 6) is -4.24. The van der Waals surface area contributed by atoms with E-state index >= 15 is 0 Å². The summed E-state index contributed by atoms with van der Waals surface area (Å²) >= 11 is 5.79. The van der Waals surface area contributed by atoms with Crippen LogP contribution in [0.5, 0.6) is 11.5 Å². The molecule has 0 aliphatic rings. The fraction of sp³-hybridized carbons (Fsp3) is 0.0667. The van der Waals surface area contributed by atoms with Gasteiger partial charge in [-0.3, -0.25) is 0 Å². The lowest BCUT2D eigenvalue weighted by atomic mass is 10.2. The lowest BCUT2D eigenvalue weighted by molar-refractivity contribution is -0.159. The van der Waals surface area contributed by atoms with E-state index < -0.39 is 29.5 Å². The molecule has 1 aromatic heterocycles. The molecule has 1 heterocycles. The molecule has 0 atom stereocenters. The number of halogens is 6. The van der Waals surface area contributed by atoms with E-state index in [9.17, 15) is 22.0 Å². The highest BCUT2D eigenvalue weighted by Crippen LogP contribution is 2.35.